The van der Waals surface area contributed by atoms with Gasteiger partial charge in [-0.25, -0.2) is 0 Å². The van der Waals surface area contributed by atoms with Gasteiger partial charge in [-0.15, -0.1) is 0 Å². The number of carbonyl (C=O) groups is 1. The summed E-state index contributed by atoms with van der Waals surface area (Å²) in [6.45, 7) is 1.90. The molecule has 68 valence electrons. The van der Waals surface area contributed by atoms with E-state index in [-0.39, 0.29) is 5.91 Å². The summed E-state index contributed by atoms with van der Waals surface area (Å²) in [5.74, 6) is -0.336. The Morgan fingerprint density at radius 1 is 1.46 bits per heavy atom. The van der Waals surface area contributed by atoms with Gasteiger partial charge in [-0.2, -0.15) is 0 Å². The second-order valence-corrected chi connectivity index (χ2v) is 2.62. The predicted octanol–water partition coefficient (Wildman–Crippen LogP) is 2.01. The van der Waals surface area contributed by atoms with Crippen molar-refractivity contribution < 1.29 is 9.90 Å². The van der Waals surface area contributed by atoms with Gasteiger partial charge in [0.25, 0.3) is 5.91 Å². The lowest BCUT2D eigenvalue weighted by molar-refractivity contribution is -0.112. The number of carbonyl (C=O) groups excluding carboxylic acids is 1. The molecule has 0 spiro atoms. The minimum absolute atomic E-state index is 0.336. The quantitative estimate of drug-likeness (QED) is 0.536. The molecule has 0 unspecified atom stereocenters. The first kappa shape index (κ1) is 9.32. The maximum Gasteiger partial charge on any atom is 0.251 e. The predicted molar refractivity (Wildman–Crippen MR) is 51.6 cm³/mol. The van der Waals surface area contributed by atoms with Crippen LogP contribution in [-0.2, 0) is 4.79 Å². The van der Waals surface area contributed by atoms with Crippen molar-refractivity contribution in [2.45, 2.75) is 6.92 Å². The summed E-state index contributed by atoms with van der Waals surface area (Å²) in [6.07, 6.45) is 1.78. The topological polar surface area (TPSA) is 49.3 Å². The van der Waals surface area contributed by atoms with E-state index < -0.39 is 0 Å². The highest BCUT2D eigenvalue weighted by atomic mass is 16.2. The van der Waals surface area contributed by atoms with Crippen molar-refractivity contribution in [1.29, 1.82) is 0 Å². The van der Waals surface area contributed by atoms with Gasteiger partial charge < -0.3 is 10.4 Å². The maximum atomic E-state index is 11.0. The first-order chi connectivity index (χ1) is 6.24. The van der Waals surface area contributed by atoms with E-state index in [1.807, 2.05) is 25.1 Å². The first-order valence-electron chi connectivity index (χ1n) is 3.91. The van der Waals surface area contributed by atoms with Gasteiger partial charge in [0.15, 0.2) is 0 Å². The zero-order valence-electron chi connectivity index (χ0n) is 7.32. The van der Waals surface area contributed by atoms with Crippen LogP contribution in [0.15, 0.2) is 36.6 Å². The molecule has 1 aromatic rings. The van der Waals surface area contributed by atoms with Crippen molar-refractivity contribution in [2.75, 3.05) is 5.32 Å². The van der Waals surface area contributed by atoms with Crippen LogP contribution in [0.4, 0.5) is 5.69 Å². The van der Waals surface area contributed by atoms with Crippen LogP contribution in [-0.4, -0.2) is 11.0 Å². The third kappa shape index (κ3) is 2.63. The van der Waals surface area contributed by atoms with E-state index in [2.05, 4.69) is 5.32 Å². The Morgan fingerprint density at radius 3 is 2.77 bits per heavy atom. The molecular weight excluding hydrogens is 166 g/mol. The minimum Gasteiger partial charge on any atom is -0.515 e. The van der Waals surface area contributed by atoms with Crippen molar-refractivity contribution in [3.8, 4) is 0 Å². The van der Waals surface area contributed by atoms with Crippen LogP contribution in [0.2, 0.25) is 0 Å². The lowest BCUT2D eigenvalue weighted by Crippen LogP contribution is -2.08. The van der Waals surface area contributed by atoms with Gasteiger partial charge in [0.2, 0.25) is 0 Å². The lowest BCUT2D eigenvalue weighted by Gasteiger charge is -2.04. The summed E-state index contributed by atoms with van der Waals surface area (Å²) in [5, 5.41) is 11.0. The average Bonchev–Trinajstić information content (AvgIpc) is 2.09. The van der Waals surface area contributed by atoms with Gasteiger partial charge in [0.1, 0.15) is 0 Å². The third-order valence-corrected chi connectivity index (χ3v) is 1.63. The standard InChI is InChI=1S/C10H11NO2/c1-8-4-2-3-5-9(8)11-10(13)6-7-12/h2-7,12H,1H3,(H,11,13)/b7-6+. The lowest BCUT2D eigenvalue weighted by atomic mass is 10.2. The number of rotatable bonds is 2. The third-order valence-electron chi connectivity index (χ3n) is 1.63. The monoisotopic (exact) mass is 177 g/mol. The minimum atomic E-state index is -0.336. The molecule has 0 atom stereocenters. The highest BCUT2D eigenvalue weighted by Crippen LogP contribution is 2.12. The number of benzene rings is 1. The number of aliphatic hydroxyl groups excluding tert-OH is 1. The zero-order valence-corrected chi connectivity index (χ0v) is 7.32. The molecule has 0 saturated heterocycles. The van der Waals surface area contributed by atoms with Crippen molar-refractivity contribution >= 4 is 11.6 Å². The average molecular weight is 177 g/mol. The molecular formula is C10H11NO2. The number of hydrogen-bond donors (Lipinski definition) is 2. The van der Waals surface area contributed by atoms with E-state index in [0.29, 0.717) is 6.26 Å². The molecule has 0 saturated carbocycles. The van der Waals surface area contributed by atoms with Crippen LogP contribution in [0.3, 0.4) is 0 Å². The summed E-state index contributed by atoms with van der Waals surface area (Å²) in [4.78, 5) is 11.0. The van der Waals surface area contributed by atoms with E-state index in [0.717, 1.165) is 17.3 Å². The fourth-order valence-electron chi connectivity index (χ4n) is 0.955. The van der Waals surface area contributed by atoms with Gasteiger partial charge >= 0.3 is 0 Å². The Bertz CT molecular complexity index is 331. The molecule has 1 rings (SSSR count). The fourth-order valence-corrected chi connectivity index (χ4v) is 0.955. The van der Waals surface area contributed by atoms with Crippen LogP contribution in [0, 0.1) is 6.92 Å². The van der Waals surface area contributed by atoms with Crippen LogP contribution in [0.1, 0.15) is 5.56 Å². The Balaban J connectivity index is 2.74. The second-order valence-electron chi connectivity index (χ2n) is 2.62. The van der Waals surface area contributed by atoms with Gasteiger partial charge in [-0.05, 0) is 18.6 Å². The molecule has 3 nitrogen and oxygen atoms in total. The highest BCUT2D eigenvalue weighted by molar-refractivity contribution is 5.99. The first-order valence-corrected chi connectivity index (χ1v) is 3.91. The molecule has 0 aliphatic rings. The molecule has 0 radical (unpaired) electrons. The van der Waals surface area contributed by atoms with Crippen molar-refractivity contribution in [3.63, 3.8) is 0 Å². The Kier molecular flexibility index (Phi) is 3.09. The number of aliphatic hydroxyl groups is 1. The number of para-hydroxylation sites is 1. The maximum absolute atomic E-state index is 11.0. The Morgan fingerprint density at radius 2 is 2.15 bits per heavy atom. The van der Waals surface area contributed by atoms with Crippen LogP contribution in [0.5, 0.6) is 0 Å². The summed E-state index contributed by atoms with van der Waals surface area (Å²) in [5.41, 5.74) is 1.74. The summed E-state index contributed by atoms with van der Waals surface area (Å²) >= 11 is 0. The summed E-state index contributed by atoms with van der Waals surface area (Å²) < 4.78 is 0. The SMILES string of the molecule is Cc1ccccc1NC(=O)/C=C/O. The second kappa shape index (κ2) is 4.30. The Labute approximate surface area is 76.7 Å². The molecule has 0 heterocycles. The molecule has 1 aromatic carbocycles. The fraction of sp³-hybridized carbons (Fsp3) is 0.100. The largest absolute Gasteiger partial charge is 0.515 e. The van der Waals surface area contributed by atoms with E-state index >= 15 is 0 Å². The van der Waals surface area contributed by atoms with Crippen LogP contribution < -0.4 is 5.32 Å². The summed E-state index contributed by atoms with van der Waals surface area (Å²) in [6, 6.07) is 7.44. The van der Waals surface area contributed by atoms with Gasteiger partial charge in [-0.3, -0.25) is 4.79 Å². The molecule has 1 amide bonds. The molecule has 2 N–H and O–H groups in total. The van der Waals surface area contributed by atoms with Gasteiger partial charge in [0.05, 0.1) is 6.26 Å². The highest BCUT2D eigenvalue weighted by Gasteiger charge is 1.99. The van der Waals surface area contributed by atoms with E-state index in [4.69, 9.17) is 5.11 Å². The number of aryl methyl sites for hydroxylation is 1. The zero-order chi connectivity index (χ0) is 9.68. The number of amides is 1. The molecule has 0 aromatic heterocycles. The smallest absolute Gasteiger partial charge is 0.251 e. The Hall–Kier alpha value is -1.77. The number of anilines is 1. The van der Waals surface area contributed by atoms with Crippen molar-refractivity contribution in [2.24, 2.45) is 0 Å². The number of hydrogen-bond acceptors (Lipinski definition) is 2. The van der Waals surface area contributed by atoms with Gasteiger partial charge in [0, 0.05) is 11.8 Å². The van der Waals surface area contributed by atoms with Crippen LogP contribution >= 0.6 is 0 Å². The summed E-state index contributed by atoms with van der Waals surface area (Å²) in [7, 11) is 0. The number of nitrogens with one attached hydrogen (secondary N) is 1. The van der Waals surface area contributed by atoms with Crippen LogP contribution in [0.25, 0.3) is 0 Å². The van der Waals surface area contributed by atoms with Gasteiger partial charge in [-0.1, -0.05) is 18.2 Å². The molecule has 0 fully saturated rings. The van der Waals surface area contributed by atoms with E-state index in [1.165, 1.54) is 0 Å². The normalized spacial score (nSPS) is 10.2. The molecule has 0 aliphatic carbocycles. The van der Waals surface area contributed by atoms with Crippen molar-refractivity contribution in [1.82, 2.24) is 0 Å². The molecule has 0 bridgehead atoms. The van der Waals surface area contributed by atoms with E-state index in [1.54, 1.807) is 6.07 Å². The van der Waals surface area contributed by atoms with Crippen molar-refractivity contribution in [3.05, 3.63) is 42.2 Å². The molecule has 0 aliphatic heterocycles. The van der Waals surface area contributed by atoms with E-state index in [9.17, 15) is 4.79 Å². The molecule has 13 heavy (non-hydrogen) atoms. The molecule has 3 heteroatoms.